The van der Waals surface area contributed by atoms with E-state index < -0.39 is 17.6 Å². The van der Waals surface area contributed by atoms with Crippen molar-refractivity contribution >= 4 is 11.6 Å². The van der Waals surface area contributed by atoms with Crippen LogP contribution in [0.5, 0.6) is 0 Å². The van der Waals surface area contributed by atoms with Gasteiger partial charge in [-0.15, -0.1) is 0 Å². The summed E-state index contributed by atoms with van der Waals surface area (Å²) < 4.78 is 37.2. The van der Waals surface area contributed by atoms with Gasteiger partial charge in [-0.2, -0.15) is 18.4 Å². The fourth-order valence-electron chi connectivity index (χ4n) is 1.45. The molecular formula is C15H16F3N3O. The molecule has 0 fully saturated rings. The van der Waals surface area contributed by atoms with E-state index in [4.69, 9.17) is 5.26 Å². The summed E-state index contributed by atoms with van der Waals surface area (Å²) in [5, 5.41) is 14.1. The fourth-order valence-corrected chi connectivity index (χ4v) is 1.45. The molecule has 2 N–H and O–H groups in total. The van der Waals surface area contributed by atoms with Gasteiger partial charge < -0.3 is 10.6 Å². The minimum absolute atomic E-state index is 0.152. The molecule has 118 valence electrons. The summed E-state index contributed by atoms with van der Waals surface area (Å²) in [4.78, 5) is 11.7. The Labute approximate surface area is 126 Å². The number of carbonyl (C=O) groups excluding carboxylic acids is 1. The van der Waals surface area contributed by atoms with Crippen LogP contribution in [0.3, 0.4) is 0 Å². The first-order chi connectivity index (χ1) is 10.2. The summed E-state index contributed by atoms with van der Waals surface area (Å²) in [5.74, 6) is -0.289. The fraction of sp³-hybridized carbons (Fsp3) is 0.333. The Morgan fingerprint density at radius 3 is 2.36 bits per heavy atom. The van der Waals surface area contributed by atoms with Gasteiger partial charge >= 0.3 is 6.18 Å². The number of nitrogens with one attached hydrogen (secondary N) is 2. The van der Waals surface area contributed by atoms with Crippen LogP contribution >= 0.6 is 0 Å². The van der Waals surface area contributed by atoms with Crippen LogP contribution in [0.15, 0.2) is 36.0 Å². The van der Waals surface area contributed by atoms with E-state index in [0.29, 0.717) is 12.2 Å². The first kappa shape index (κ1) is 17.6. The number of anilines is 1. The molecule has 0 spiro atoms. The topological polar surface area (TPSA) is 64.9 Å². The van der Waals surface area contributed by atoms with Crippen LogP contribution < -0.4 is 10.6 Å². The highest BCUT2D eigenvalue weighted by Gasteiger charge is 2.29. The van der Waals surface area contributed by atoms with Crippen LogP contribution in [0, 0.1) is 17.2 Å². The van der Waals surface area contributed by atoms with Crippen molar-refractivity contribution in [3.63, 3.8) is 0 Å². The van der Waals surface area contributed by atoms with Crippen molar-refractivity contribution in [2.24, 2.45) is 5.92 Å². The zero-order chi connectivity index (χ0) is 16.8. The minimum atomic E-state index is -4.40. The van der Waals surface area contributed by atoms with Gasteiger partial charge in [0, 0.05) is 18.4 Å². The molecule has 0 radical (unpaired) electrons. The lowest BCUT2D eigenvalue weighted by Crippen LogP contribution is -2.28. The number of nitrogens with zero attached hydrogens (tertiary/aromatic N) is 1. The van der Waals surface area contributed by atoms with E-state index in [9.17, 15) is 18.0 Å². The van der Waals surface area contributed by atoms with Gasteiger partial charge in [0.25, 0.3) is 5.91 Å². The SMILES string of the molecule is CC(C)CNC(=O)/C(C#N)=C\Nc1ccc(C(F)(F)F)cc1. The van der Waals surface area contributed by atoms with Gasteiger partial charge in [0.05, 0.1) is 5.56 Å². The third-order valence-electron chi connectivity index (χ3n) is 2.63. The van der Waals surface area contributed by atoms with Gasteiger partial charge in [-0.1, -0.05) is 13.8 Å². The molecule has 0 aromatic heterocycles. The van der Waals surface area contributed by atoms with Crippen molar-refractivity contribution < 1.29 is 18.0 Å². The zero-order valence-corrected chi connectivity index (χ0v) is 12.2. The molecule has 0 atom stereocenters. The maximum Gasteiger partial charge on any atom is 0.416 e. The van der Waals surface area contributed by atoms with E-state index in [1.54, 1.807) is 6.07 Å². The second-order valence-corrected chi connectivity index (χ2v) is 4.99. The molecular weight excluding hydrogens is 295 g/mol. The molecule has 0 heterocycles. The molecule has 1 rings (SSSR count). The highest BCUT2D eigenvalue weighted by atomic mass is 19.4. The van der Waals surface area contributed by atoms with Gasteiger partial charge in [0.2, 0.25) is 0 Å². The molecule has 7 heteroatoms. The lowest BCUT2D eigenvalue weighted by molar-refractivity contribution is -0.137. The summed E-state index contributed by atoms with van der Waals surface area (Å²) in [5.41, 5.74) is -0.574. The number of carbonyl (C=O) groups is 1. The van der Waals surface area contributed by atoms with Crippen molar-refractivity contribution in [2.75, 3.05) is 11.9 Å². The first-order valence-electron chi connectivity index (χ1n) is 6.56. The third-order valence-corrected chi connectivity index (χ3v) is 2.63. The van der Waals surface area contributed by atoms with E-state index in [1.807, 2.05) is 13.8 Å². The van der Waals surface area contributed by atoms with Crippen molar-refractivity contribution in [2.45, 2.75) is 20.0 Å². The number of halogens is 3. The predicted octanol–water partition coefficient (Wildman–Crippen LogP) is 3.30. The van der Waals surface area contributed by atoms with Crippen molar-refractivity contribution in [1.29, 1.82) is 5.26 Å². The van der Waals surface area contributed by atoms with Crippen molar-refractivity contribution in [3.05, 3.63) is 41.6 Å². The normalized spacial score (nSPS) is 12.0. The van der Waals surface area contributed by atoms with E-state index in [-0.39, 0.29) is 11.5 Å². The van der Waals surface area contributed by atoms with Crippen LogP contribution in [0.2, 0.25) is 0 Å². The zero-order valence-electron chi connectivity index (χ0n) is 12.2. The lowest BCUT2D eigenvalue weighted by atomic mass is 10.2. The number of hydrogen-bond acceptors (Lipinski definition) is 3. The Balaban J connectivity index is 2.73. The largest absolute Gasteiger partial charge is 0.416 e. The molecule has 0 bridgehead atoms. The molecule has 4 nitrogen and oxygen atoms in total. The maximum atomic E-state index is 12.4. The number of hydrogen-bond donors (Lipinski definition) is 2. The maximum absolute atomic E-state index is 12.4. The molecule has 0 saturated heterocycles. The Bertz CT molecular complexity index is 584. The Kier molecular flexibility index (Phi) is 5.99. The van der Waals surface area contributed by atoms with Crippen LogP contribution in [-0.4, -0.2) is 12.5 Å². The van der Waals surface area contributed by atoms with Gasteiger partial charge in [0.1, 0.15) is 11.6 Å². The van der Waals surface area contributed by atoms with Crippen LogP contribution in [0.4, 0.5) is 18.9 Å². The van der Waals surface area contributed by atoms with Gasteiger partial charge in [-0.3, -0.25) is 4.79 Å². The third kappa shape index (κ3) is 5.48. The summed E-state index contributed by atoms with van der Waals surface area (Å²) in [6.45, 7) is 4.26. The minimum Gasteiger partial charge on any atom is -0.360 e. The van der Waals surface area contributed by atoms with E-state index in [0.717, 1.165) is 18.3 Å². The highest BCUT2D eigenvalue weighted by Crippen LogP contribution is 2.29. The van der Waals surface area contributed by atoms with Crippen LogP contribution in [0.25, 0.3) is 0 Å². The Morgan fingerprint density at radius 2 is 1.91 bits per heavy atom. The highest BCUT2D eigenvalue weighted by molar-refractivity contribution is 5.97. The predicted molar refractivity (Wildman–Crippen MR) is 76.6 cm³/mol. The molecule has 0 aliphatic heterocycles. The molecule has 0 aliphatic carbocycles. The molecule has 1 aromatic rings. The van der Waals surface area contributed by atoms with Crippen LogP contribution in [-0.2, 0) is 11.0 Å². The molecule has 1 aromatic carbocycles. The first-order valence-corrected chi connectivity index (χ1v) is 6.56. The average molecular weight is 311 g/mol. The lowest BCUT2D eigenvalue weighted by Gasteiger charge is -2.08. The van der Waals surface area contributed by atoms with Crippen molar-refractivity contribution in [3.8, 4) is 6.07 Å². The molecule has 22 heavy (non-hydrogen) atoms. The Morgan fingerprint density at radius 1 is 1.32 bits per heavy atom. The number of nitriles is 1. The molecule has 0 saturated carbocycles. The number of amides is 1. The van der Waals surface area contributed by atoms with Gasteiger partial charge in [-0.25, -0.2) is 0 Å². The summed E-state index contributed by atoms with van der Waals surface area (Å²) in [6.07, 6.45) is -3.23. The molecule has 0 unspecified atom stereocenters. The van der Waals surface area contributed by atoms with Gasteiger partial charge in [-0.05, 0) is 30.2 Å². The number of benzene rings is 1. The number of alkyl halides is 3. The summed E-state index contributed by atoms with van der Waals surface area (Å²) in [6, 6.07) is 6.02. The van der Waals surface area contributed by atoms with Crippen molar-refractivity contribution in [1.82, 2.24) is 5.32 Å². The molecule has 0 aliphatic rings. The standard InChI is InChI=1S/C15H16F3N3O/c1-10(2)8-21-14(22)11(7-19)9-20-13-5-3-12(4-6-13)15(16,17)18/h3-6,9-10,20H,8H2,1-2H3,(H,21,22)/b11-9-. The van der Waals surface area contributed by atoms with Crippen LogP contribution in [0.1, 0.15) is 19.4 Å². The summed E-state index contributed by atoms with van der Waals surface area (Å²) >= 11 is 0. The second-order valence-electron chi connectivity index (χ2n) is 4.99. The second kappa shape index (κ2) is 7.50. The number of rotatable bonds is 5. The monoisotopic (exact) mass is 311 g/mol. The van der Waals surface area contributed by atoms with E-state index in [1.165, 1.54) is 12.1 Å². The van der Waals surface area contributed by atoms with E-state index >= 15 is 0 Å². The average Bonchev–Trinajstić information content (AvgIpc) is 2.45. The van der Waals surface area contributed by atoms with E-state index in [2.05, 4.69) is 10.6 Å². The quantitative estimate of drug-likeness (QED) is 0.648. The summed E-state index contributed by atoms with van der Waals surface area (Å²) in [7, 11) is 0. The Hall–Kier alpha value is -2.49. The smallest absolute Gasteiger partial charge is 0.360 e. The molecule has 1 amide bonds. The van der Waals surface area contributed by atoms with Gasteiger partial charge in [0.15, 0.2) is 0 Å².